The third-order valence-electron chi connectivity index (χ3n) is 6.94. The van der Waals surface area contributed by atoms with Gasteiger partial charge in [0.25, 0.3) is 0 Å². The van der Waals surface area contributed by atoms with E-state index in [0.29, 0.717) is 6.42 Å². The molecule has 0 radical (unpaired) electrons. The van der Waals surface area contributed by atoms with Gasteiger partial charge in [-0.2, -0.15) is 13.2 Å². The van der Waals surface area contributed by atoms with Crippen molar-refractivity contribution in [1.82, 2.24) is 4.90 Å². The molecule has 9 heteroatoms. The predicted octanol–water partition coefficient (Wildman–Crippen LogP) is 3.70. The fourth-order valence-corrected chi connectivity index (χ4v) is 4.23. The molecule has 0 saturated heterocycles. The quantitative estimate of drug-likeness (QED) is 0.745. The number of rotatable bonds is 4. The Morgan fingerprint density at radius 1 is 1.23 bits per heavy atom. The molecule has 164 valence electrons. The maximum atomic E-state index is 14.8. The van der Waals surface area contributed by atoms with Crippen LogP contribution in [0.1, 0.15) is 51.2 Å². The number of ketones is 1. The molecule has 0 aromatic heterocycles. The highest BCUT2D eigenvalue weighted by Crippen LogP contribution is 2.54. The maximum Gasteiger partial charge on any atom is 0.401 e. The summed E-state index contributed by atoms with van der Waals surface area (Å²) in [5, 5.41) is 0. The number of amides is 1. The zero-order chi connectivity index (χ0) is 22.7. The van der Waals surface area contributed by atoms with Gasteiger partial charge < -0.3 is 5.73 Å². The van der Waals surface area contributed by atoms with E-state index in [1.165, 1.54) is 24.1 Å². The van der Waals surface area contributed by atoms with Crippen LogP contribution in [0.4, 0.5) is 17.6 Å². The van der Waals surface area contributed by atoms with Gasteiger partial charge in [-0.15, -0.1) is 0 Å². The normalized spacial score (nSPS) is 25.5. The first kappa shape index (κ1) is 22.2. The summed E-state index contributed by atoms with van der Waals surface area (Å²) < 4.78 is 55.3. The van der Waals surface area contributed by atoms with Gasteiger partial charge in [0, 0.05) is 19.0 Å². The maximum absolute atomic E-state index is 14.8. The summed E-state index contributed by atoms with van der Waals surface area (Å²) in [5.74, 6) is -2.06. The van der Waals surface area contributed by atoms with Gasteiger partial charge in [-0.3, -0.25) is 14.5 Å². The van der Waals surface area contributed by atoms with E-state index in [9.17, 15) is 27.2 Å². The standard InChI is InChI=1S/C21H25F4N3O2/c1-18(2)16(30)28(4)17(26)27-19(18,3)13-10-12(6-7-14(13)22)11-15(29)20(8-5-9-20)21(23,24)25/h6-7,10H,5,8-9,11H2,1-4H3,(H2,26,27)/t19-/m1/s1. The van der Waals surface area contributed by atoms with E-state index in [1.54, 1.807) is 20.8 Å². The summed E-state index contributed by atoms with van der Waals surface area (Å²) in [5.41, 5.74) is 1.20. The number of guanidine groups is 1. The molecule has 2 N–H and O–H groups in total. The average Bonchev–Trinajstić information content (AvgIpc) is 2.58. The first-order valence-corrected chi connectivity index (χ1v) is 9.70. The first-order chi connectivity index (χ1) is 13.7. The summed E-state index contributed by atoms with van der Waals surface area (Å²) in [6.07, 6.45) is -5.20. The van der Waals surface area contributed by atoms with Crippen LogP contribution in [0.25, 0.3) is 0 Å². The fourth-order valence-electron chi connectivity index (χ4n) is 4.23. The zero-order valence-electron chi connectivity index (χ0n) is 17.4. The SMILES string of the molecule is CN1C(=O)C(C)(C)[C@@](C)(c2cc(CC(=O)C3(C(F)(F)F)CCC3)ccc2F)N=C1N. The molecular formula is C21H25F4N3O2. The zero-order valence-corrected chi connectivity index (χ0v) is 17.4. The van der Waals surface area contributed by atoms with Crippen molar-refractivity contribution in [3.63, 3.8) is 0 Å². The van der Waals surface area contributed by atoms with Crippen molar-refractivity contribution in [1.29, 1.82) is 0 Å². The molecule has 1 heterocycles. The molecule has 30 heavy (non-hydrogen) atoms. The third-order valence-corrected chi connectivity index (χ3v) is 6.94. The van der Waals surface area contributed by atoms with Crippen LogP contribution in [0.3, 0.4) is 0 Å². The number of alkyl halides is 3. The number of carbonyl (C=O) groups is 2. The molecule has 1 atom stereocenters. The van der Waals surface area contributed by atoms with Crippen LogP contribution in [-0.2, 0) is 21.5 Å². The largest absolute Gasteiger partial charge is 0.401 e. The molecule has 1 aromatic rings. The van der Waals surface area contributed by atoms with Crippen LogP contribution >= 0.6 is 0 Å². The Morgan fingerprint density at radius 3 is 2.33 bits per heavy atom. The van der Waals surface area contributed by atoms with Crippen molar-refractivity contribution in [2.75, 3.05) is 7.05 Å². The molecule has 0 spiro atoms. The lowest BCUT2D eigenvalue weighted by atomic mass is 9.64. The molecule has 1 aliphatic heterocycles. The highest BCUT2D eigenvalue weighted by atomic mass is 19.4. The Balaban J connectivity index is 2.02. The van der Waals surface area contributed by atoms with Gasteiger partial charge in [-0.1, -0.05) is 12.5 Å². The lowest BCUT2D eigenvalue weighted by molar-refractivity contribution is -0.241. The molecule has 1 saturated carbocycles. The van der Waals surface area contributed by atoms with Crippen molar-refractivity contribution in [2.24, 2.45) is 21.6 Å². The molecule has 0 bridgehead atoms. The monoisotopic (exact) mass is 427 g/mol. The molecule has 1 aliphatic carbocycles. The van der Waals surface area contributed by atoms with Crippen molar-refractivity contribution >= 4 is 17.6 Å². The number of nitrogens with two attached hydrogens (primary N) is 1. The Kier molecular flexibility index (Phi) is 5.03. The number of hydrogen-bond acceptors (Lipinski definition) is 4. The van der Waals surface area contributed by atoms with Gasteiger partial charge in [0.15, 0.2) is 11.7 Å². The van der Waals surface area contributed by atoms with Crippen LogP contribution in [0.5, 0.6) is 0 Å². The van der Waals surface area contributed by atoms with Crippen LogP contribution in [0.15, 0.2) is 23.2 Å². The van der Waals surface area contributed by atoms with Gasteiger partial charge in [-0.05, 0) is 51.3 Å². The van der Waals surface area contributed by atoms with Crippen LogP contribution < -0.4 is 5.73 Å². The molecular weight excluding hydrogens is 402 g/mol. The van der Waals surface area contributed by atoms with Crippen molar-refractivity contribution in [2.45, 2.75) is 58.2 Å². The topological polar surface area (TPSA) is 75.8 Å². The fraction of sp³-hybridized carbons (Fsp3) is 0.571. The number of hydrogen-bond donors (Lipinski definition) is 1. The number of Topliss-reactive ketones (excluding diaryl/α,β-unsaturated/α-hetero) is 1. The predicted molar refractivity (Wildman–Crippen MR) is 103 cm³/mol. The van der Waals surface area contributed by atoms with Gasteiger partial charge in [-0.25, -0.2) is 9.38 Å². The third kappa shape index (κ3) is 3.01. The Morgan fingerprint density at radius 2 is 1.83 bits per heavy atom. The second-order valence-corrected chi connectivity index (χ2v) is 8.88. The summed E-state index contributed by atoms with van der Waals surface area (Å²) in [7, 11) is 1.46. The van der Waals surface area contributed by atoms with Gasteiger partial charge >= 0.3 is 6.18 Å². The minimum atomic E-state index is -4.61. The molecule has 5 nitrogen and oxygen atoms in total. The van der Waals surface area contributed by atoms with Crippen LogP contribution in [0.2, 0.25) is 0 Å². The van der Waals surface area contributed by atoms with E-state index in [0.717, 1.165) is 6.07 Å². The van der Waals surface area contributed by atoms with Gasteiger partial charge in [0.2, 0.25) is 5.91 Å². The summed E-state index contributed by atoms with van der Waals surface area (Å²) in [4.78, 5) is 30.9. The van der Waals surface area contributed by atoms with Crippen molar-refractivity contribution < 1.29 is 27.2 Å². The highest BCUT2D eigenvalue weighted by molar-refractivity contribution is 6.01. The van der Waals surface area contributed by atoms with E-state index >= 15 is 0 Å². The number of halogens is 4. The lowest BCUT2D eigenvalue weighted by Gasteiger charge is -2.46. The van der Waals surface area contributed by atoms with E-state index < -0.39 is 40.6 Å². The minimum Gasteiger partial charge on any atom is -0.369 e. The van der Waals surface area contributed by atoms with E-state index in [-0.39, 0.29) is 35.8 Å². The molecule has 1 amide bonds. The number of benzene rings is 1. The minimum absolute atomic E-state index is 0.0110. The Bertz CT molecular complexity index is 935. The summed E-state index contributed by atoms with van der Waals surface area (Å²) in [6, 6.07) is 3.71. The Labute approximate surface area is 172 Å². The van der Waals surface area contributed by atoms with Crippen molar-refractivity contribution in [3.8, 4) is 0 Å². The van der Waals surface area contributed by atoms with E-state index in [4.69, 9.17) is 5.73 Å². The number of aliphatic imine (C=N–C) groups is 1. The van der Waals surface area contributed by atoms with E-state index in [2.05, 4.69) is 4.99 Å². The molecule has 0 unspecified atom stereocenters. The van der Waals surface area contributed by atoms with Crippen LogP contribution in [0, 0.1) is 16.6 Å². The lowest BCUT2D eigenvalue weighted by Crippen LogP contribution is -2.58. The molecule has 2 aliphatic rings. The second-order valence-electron chi connectivity index (χ2n) is 8.88. The van der Waals surface area contributed by atoms with Crippen molar-refractivity contribution in [3.05, 3.63) is 35.1 Å². The van der Waals surface area contributed by atoms with Crippen LogP contribution in [-0.4, -0.2) is 35.8 Å². The number of nitrogens with zero attached hydrogens (tertiary/aromatic N) is 2. The Hall–Kier alpha value is -2.45. The number of carbonyl (C=O) groups excluding carboxylic acids is 2. The second kappa shape index (κ2) is 6.78. The first-order valence-electron chi connectivity index (χ1n) is 9.70. The molecule has 1 aromatic carbocycles. The van der Waals surface area contributed by atoms with Gasteiger partial charge in [0.05, 0.1) is 5.41 Å². The van der Waals surface area contributed by atoms with Gasteiger partial charge in [0.1, 0.15) is 16.8 Å². The highest BCUT2D eigenvalue weighted by Gasteiger charge is 2.62. The van der Waals surface area contributed by atoms with E-state index in [1.807, 2.05) is 0 Å². The molecule has 3 rings (SSSR count). The molecule has 1 fully saturated rings. The summed E-state index contributed by atoms with van der Waals surface area (Å²) >= 11 is 0. The average molecular weight is 427 g/mol. The smallest absolute Gasteiger partial charge is 0.369 e. The summed E-state index contributed by atoms with van der Waals surface area (Å²) in [6.45, 7) is 4.76.